The van der Waals surface area contributed by atoms with Crippen LogP contribution in [0, 0.1) is 24.0 Å². The lowest BCUT2D eigenvalue weighted by atomic mass is 9.98. The van der Waals surface area contributed by atoms with E-state index in [9.17, 15) is 19.7 Å². The van der Waals surface area contributed by atoms with Crippen molar-refractivity contribution in [3.63, 3.8) is 0 Å². The fourth-order valence-electron chi connectivity index (χ4n) is 2.38. The lowest BCUT2D eigenvalue weighted by Crippen LogP contribution is -2.12. The Kier molecular flexibility index (Phi) is 4.07. The summed E-state index contributed by atoms with van der Waals surface area (Å²) in [5.41, 5.74) is 0.760. The van der Waals surface area contributed by atoms with Crippen molar-refractivity contribution in [2.75, 3.05) is 7.11 Å². The van der Waals surface area contributed by atoms with Gasteiger partial charge in [0.25, 0.3) is 5.69 Å². The smallest absolute Gasteiger partial charge is 0.340 e. The van der Waals surface area contributed by atoms with Gasteiger partial charge in [-0.25, -0.2) is 4.79 Å². The maximum atomic E-state index is 12.7. The van der Waals surface area contributed by atoms with E-state index in [2.05, 4.69) is 9.72 Å². The molecular formula is C15H14N2O5. The maximum Gasteiger partial charge on any atom is 0.340 e. The predicted octanol–water partition coefficient (Wildman–Crippen LogP) is 2.56. The molecule has 114 valence electrons. The van der Waals surface area contributed by atoms with E-state index in [0.29, 0.717) is 11.4 Å². The Morgan fingerprint density at radius 3 is 2.32 bits per heavy atom. The fourth-order valence-corrected chi connectivity index (χ4v) is 2.38. The molecule has 0 atom stereocenters. The average Bonchev–Trinajstić information content (AvgIpc) is 2.80. The van der Waals surface area contributed by atoms with Gasteiger partial charge in [0.1, 0.15) is 5.56 Å². The van der Waals surface area contributed by atoms with Gasteiger partial charge in [-0.1, -0.05) is 12.1 Å². The number of nitrogens with one attached hydrogen (secondary N) is 1. The van der Waals surface area contributed by atoms with E-state index in [1.54, 1.807) is 13.8 Å². The third kappa shape index (κ3) is 2.48. The molecule has 0 aliphatic heterocycles. The Hall–Kier alpha value is -2.96. The minimum Gasteiger partial charge on any atom is -0.465 e. The summed E-state index contributed by atoms with van der Waals surface area (Å²) in [6.45, 7) is 3.26. The van der Waals surface area contributed by atoms with Gasteiger partial charge in [0, 0.05) is 17.5 Å². The van der Waals surface area contributed by atoms with E-state index in [0.717, 1.165) is 0 Å². The van der Waals surface area contributed by atoms with Gasteiger partial charge in [-0.2, -0.15) is 0 Å². The molecule has 1 aromatic heterocycles. The minimum atomic E-state index is -0.663. The molecule has 0 spiro atoms. The van der Waals surface area contributed by atoms with E-state index < -0.39 is 16.7 Å². The van der Waals surface area contributed by atoms with Gasteiger partial charge in [0.05, 0.1) is 23.2 Å². The normalized spacial score (nSPS) is 10.3. The van der Waals surface area contributed by atoms with Crippen molar-refractivity contribution in [1.29, 1.82) is 0 Å². The molecule has 2 aromatic rings. The average molecular weight is 302 g/mol. The Bertz CT molecular complexity index is 776. The third-order valence-electron chi connectivity index (χ3n) is 3.34. The number of aromatic amines is 1. The predicted molar refractivity (Wildman–Crippen MR) is 78.1 cm³/mol. The Labute approximate surface area is 126 Å². The number of carbonyl (C=O) groups is 2. The van der Waals surface area contributed by atoms with Gasteiger partial charge < -0.3 is 9.72 Å². The molecule has 1 N–H and O–H groups in total. The fraction of sp³-hybridized carbons (Fsp3) is 0.200. The molecule has 0 saturated carbocycles. The molecule has 22 heavy (non-hydrogen) atoms. The zero-order chi connectivity index (χ0) is 16.4. The van der Waals surface area contributed by atoms with Crippen molar-refractivity contribution >= 4 is 17.4 Å². The number of hydrogen-bond donors (Lipinski definition) is 1. The first-order valence-corrected chi connectivity index (χ1v) is 6.44. The first kappa shape index (κ1) is 15.4. The number of ether oxygens (including phenoxy) is 1. The largest absolute Gasteiger partial charge is 0.465 e. The topological polar surface area (TPSA) is 102 Å². The number of rotatable bonds is 4. The maximum absolute atomic E-state index is 12.7. The number of benzene rings is 1. The lowest BCUT2D eigenvalue weighted by molar-refractivity contribution is -0.385. The number of aryl methyl sites for hydroxylation is 2. The second-order valence-electron chi connectivity index (χ2n) is 4.72. The second kappa shape index (κ2) is 5.80. The highest BCUT2D eigenvalue weighted by Gasteiger charge is 2.29. The van der Waals surface area contributed by atoms with Gasteiger partial charge >= 0.3 is 5.97 Å². The Morgan fingerprint density at radius 1 is 1.14 bits per heavy atom. The highest BCUT2D eigenvalue weighted by atomic mass is 16.6. The third-order valence-corrected chi connectivity index (χ3v) is 3.34. The number of nitro benzene ring substituents is 1. The molecule has 7 nitrogen and oxygen atoms in total. The number of para-hydroxylation sites is 1. The summed E-state index contributed by atoms with van der Waals surface area (Å²) in [6, 6.07) is 5.63. The van der Waals surface area contributed by atoms with E-state index in [-0.39, 0.29) is 22.4 Å². The first-order valence-electron chi connectivity index (χ1n) is 6.44. The molecule has 7 heteroatoms. The summed E-state index contributed by atoms with van der Waals surface area (Å²) in [5, 5.41) is 11.1. The zero-order valence-corrected chi connectivity index (χ0v) is 12.3. The second-order valence-corrected chi connectivity index (χ2v) is 4.72. The number of ketones is 1. The summed E-state index contributed by atoms with van der Waals surface area (Å²) >= 11 is 0. The lowest BCUT2D eigenvalue weighted by Gasteiger charge is -2.05. The van der Waals surface area contributed by atoms with Crippen LogP contribution in [-0.4, -0.2) is 28.8 Å². The summed E-state index contributed by atoms with van der Waals surface area (Å²) < 4.78 is 4.69. The Balaban J connectivity index is 2.66. The van der Waals surface area contributed by atoms with Crippen molar-refractivity contribution in [3.8, 4) is 0 Å². The number of nitro groups is 1. The van der Waals surface area contributed by atoms with Crippen molar-refractivity contribution in [2.24, 2.45) is 0 Å². The van der Waals surface area contributed by atoms with Crippen LogP contribution < -0.4 is 0 Å². The van der Waals surface area contributed by atoms with Crippen LogP contribution in [0.15, 0.2) is 24.3 Å². The van der Waals surface area contributed by atoms with Crippen molar-refractivity contribution < 1.29 is 19.2 Å². The number of methoxy groups -OCH3 is 1. The first-order chi connectivity index (χ1) is 10.4. The molecule has 0 bridgehead atoms. The van der Waals surface area contributed by atoms with Crippen LogP contribution in [0.2, 0.25) is 0 Å². The van der Waals surface area contributed by atoms with Crippen molar-refractivity contribution in [3.05, 3.63) is 62.5 Å². The van der Waals surface area contributed by atoms with E-state index in [1.807, 2.05) is 0 Å². The van der Waals surface area contributed by atoms with Gasteiger partial charge in [-0.05, 0) is 19.9 Å². The van der Waals surface area contributed by atoms with Crippen LogP contribution in [0.5, 0.6) is 0 Å². The highest BCUT2D eigenvalue weighted by Crippen LogP contribution is 2.27. The van der Waals surface area contributed by atoms with E-state index in [4.69, 9.17) is 0 Å². The zero-order valence-electron chi connectivity index (χ0n) is 12.3. The molecule has 0 amide bonds. The van der Waals surface area contributed by atoms with E-state index in [1.165, 1.54) is 31.4 Å². The number of H-pyrrole nitrogens is 1. The summed E-state index contributed by atoms with van der Waals surface area (Å²) in [7, 11) is 1.21. The molecule has 0 radical (unpaired) electrons. The number of hydrogen-bond acceptors (Lipinski definition) is 5. The van der Waals surface area contributed by atoms with Crippen LogP contribution >= 0.6 is 0 Å². The van der Waals surface area contributed by atoms with Gasteiger partial charge in [0.15, 0.2) is 0 Å². The molecule has 0 fully saturated rings. The molecule has 0 saturated heterocycles. The number of aromatic nitrogens is 1. The van der Waals surface area contributed by atoms with Crippen LogP contribution in [0.25, 0.3) is 0 Å². The molecule has 1 aromatic carbocycles. The number of nitrogens with zero attached hydrogens (tertiary/aromatic N) is 1. The van der Waals surface area contributed by atoms with E-state index >= 15 is 0 Å². The van der Waals surface area contributed by atoms with Crippen LogP contribution in [-0.2, 0) is 4.74 Å². The molecule has 0 aliphatic rings. The molecule has 1 heterocycles. The molecular weight excluding hydrogens is 288 g/mol. The highest BCUT2D eigenvalue weighted by molar-refractivity contribution is 6.17. The van der Waals surface area contributed by atoms with Crippen LogP contribution in [0.3, 0.4) is 0 Å². The molecule has 0 aliphatic carbocycles. The van der Waals surface area contributed by atoms with Gasteiger partial charge in [0.2, 0.25) is 5.78 Å². The summed E-state index contributed by atoms with van der Waals surface area (Å²) in [5.74, 6) is -1.25. The minimum absolute atomic E-state index is 0.0697. The van der Waals surface area contributed by atoms with Crippen LogP contribution in [0.4, 0.5) is 5.69 Å². The molecule has 2 rings (SSSR count). The standard InChI is InChI=1S/C15H14N2O5/c1-8-12(13(9(2)16-8)15(19)22-3)14(18)10-6-4-5-7-11(10)17(20)21/h4-7,16H,1-3H3. The monoisotopic (exact) mass is 302 g/mol. The van der Waals surface area contributed by atoms with Gasteiger partial charge in [-0.3, -0.25) is 14.9 Å². The summed E-state index contributed by atoms with van der Waals surface area (Å²) in [4.78, 5) is 38.0. The number of carbonyl (C=O) groups excluding carboxylic acids is 2. The van der Waals surface area contributed by atoms with Crippen molar-refractivity contribution in [2.45, 2.75) is 13.8 Å². The SMILES string of the molecule is COC(=O)c1c(C)[nH]c(C)c1C(=O)c1ccccc1[N+](=O)[O-]. The number of esters is 1. The molecule has 0 unspecified atom stereocenters. The Morgan fingerprint density at radius 2 is 1.73 bits per heavy atom. The quantitative estimate of drug-likeness (QED) is 0.404. The van der Waals surface area contributed by atoms with Crippen LogP contribution in [0.1, 0.15) is 37.7 Å². The van der Waals surface area contributed by atoms with Crippen molar-refractivity contribution in [1.82, 2.24) is 4.98 Å². The summed E-state index contributed by atoms with van der Waals surface area (Å²) in [6.07, 6.45) is 0. The van der Waals surface area contributed by atoms with Gasteiger partial charge in [-0.15, -0.1) is 0 Å².